The molecule has 4 N–H and O–H groups in total. The molecule has 104 valence electrons. The maximum atomic E-state index is 10.1. The van der Waals surface area contributed by atoms with E-state index in [0.717, 1.165) is 0 Å². The van der Waals surface area contributed by atoms with Gasteiger partial charge < -0.3 is 20.7 Å². The molecule has 0 aromatic carbocycles. The van der Waals surface area contributed by atoms with Crippen molar-refractivity contribution in [1.29, 1.82) is 0 Å². The van der Waals surface area contributed by atoms with Crippen LogP contribution in [0.5, 0.6) is 0 Å². The number of nitrogens with two attached hydrogens (primary N) is 1. The van der Waals surface area contributed by atoms with Crippen molar-refractivity contribution in [2.24, 2.45) is 0 Å². The van der Waals surface area contributed by atoms with Gasteiger partial charge in [0.15, 0.2) is 17.7 Å². The van der Waals surface area contributed by atoms with Crippen molar-refractivity contribution in [2.45, 2.75) is 31.0 Å². The van der Waals surface area contributed by atoms with E-state index in [1.165, 1.54) is 17.2 Å². The molecule has 0 saturated carbocycles. The third-order valence-corrected chi connectivity index (χ3v) is 3.32. The summed E-state index contributed by atoms with van der Waals surface area (Å²) in [5, 5.41) is 20.0. The number of nitrogens with zero attached hydrogens (tertiary/aromatic N) is 4. The summed E-state index contributed by atoms with van der Waals surface area (Å²) in [5.74, 6) is 2.64. The lowest BCUT2D eigenvalue weighted by Crippen LogP contribution is -2.31. The summed E-state index contributed by atoms with van der Waals surface area (Å²) in [5.41, 5.74) is 6.54. The summed E-state index contributed by atoms with van der Waals surface area (Å²) < 4.78 is 7.11. The number of aliphatic hydroxyl groups is 2. The van der Waals surface area contributed by atoms with Crippen molar-refractivity contribution in [1.82, 2.24) is 19.5 Å². The Morgan fingerprint density at radius 2 is 2.15 bits per heavy atom. The van der Waals surface area contributed by atoms with E-state index in [-0.39, 0.29) is 12.2 Å². The number of hydrogen-bond donors (Lipinski definition) is 3. The van der Waals surface area contributed by atoms with Gasteiger partial charge in [-0.1, -0.05) is 0 Å². The molecule has 1 saturated heterocycles. The number of fused-ring (bicyclic) bond motifs is 1. The molecule has 2 aromatic rings. The molecular weight excluding hydrogens is 262 g/mol. The Labute approximate surface area is 114 Å². The molecule has 4 atom stereocenters. The van der Waals surface area contributed by atoms with Crippen molar-refractivity contribution < 1.29 is 14.9 Å². The lowest BCUT2D eigenvalue weighted by Gasteiger charge is -2.16. The van der Waals surface area contributed by atoms with Crippen LogP contribution in [0.2, 0.25) is 0 Å². The van der Waals surface area contributed by atoms with Gasteiger partial charge in [-0.3, -0.25) is 4.57 Å². The van der Waals surface area contributed by atoms with Crippen molar-refractivity contribution in [3.8, 4) is 12.3 Å². The number of aromatic nitrogens is 4. The number of anilines is 1. The smallest absolute Gasteiger partial charge is 0.167 e. The molecule has 20 heavy (non-hydrogen) atoms. The van der Waals surface area contributed by atoms with Gasteiger partial charge in [-0.05, 0) is 0 Å². The molecule has 8 heteroatoms. The van der Waals surface area contributed by atoms with Gasteiger partial charge in [0.1, 0.15) is 24.1 Å². The lowest BCUT2D eigenvalue weighted by molar-refractivity contribution is -0.0332. The number of nitrogen functional groups attached to an aromatic ring is 1. The van der Waals surface area contributed by atoms with Crippen LogP contribution in [0.25, 0.3) is 11.2 Å². The zero-order valence-corrected chi connectivity index (χ0v) is 10.4. The normalized spacial score (nSPS) is 29.6. The summed E-state index contributed by atoms with van der Waals surface area (Å²) >= 11 is 0. The minimum absolute atomic E-state index is 0.207. The molecule has 8 nitrogen and oxygen atoms in total. The Balaban J connectivity index is 2.00. The minimum atomic E-state index is -1.12. The summed E-state index contributed by atoms with van der Waals surface area (Å²) in [6.45, 7) is 0. The largest absolute Gasteiger partial charge is 0.387 e. The minimum Gasteiger partial charge on any atom is -0.387 e. The van der Waals surface area contributed by atoms with Gasteiger partial charge in [0, 0.05) is 6.42 Å². The summed E-state index contributed by atoms with van der Waals surface area (Å²) in [6, 6.07) is 0. The quantitative estimate of drug-likeness (QED) is 0.604. The van der Waals surface area contributed by atoms with Gasteiger partial charge >= 0.3 is 0 Å². The van der Waals surface area contributed by atoms with Crippen molar-refractivity contribution >= 4 is 17.0 Å². The Morgan fingerprint density at radius 3 is 2.90 bits per heavy atom. The van der Waals surface area contributed by atoms with E-state index in [4.69, 9.17) is 16.9 Å². The summed E-state index contributed by atoms with van der Waals surface area (Å²) in [7, 11) is 0. The standard InChI is InChI=1S/C12H13N5O3/c1-2-3-6-8(18)9(19)12(20-6)17-5-16-7-10(13)14-4-15-11(7)17/h1,4-6,8-9,12,18-19H,3H2,(H2,13,14,15)/t6-,8-,9-,12-/m1/s1. The summed E-state index contributed by atoms with van der Waals surface area (Å²) in [4.78, 5) is 12.0. The van der Waals surface area contributed by atoms with Crippen LogP contribution in [0, 0.1) is 12.3 Å². The third-order valence-electron chi connectivity index (χ3n) is 3.32. The van der Waals surface area contributed by atoms with Crippen molar-refractivity contribution in [2.75, 3.05) is 5.73 Å². The number of aliphatic hydroxyl groups excluding tert-OH is 2. The monoisotopic (exact) mass is 275 g/mol. The zero-order chi connectivity index (χ0) is 14.3. The second kappa shape index (κ2) is 4.72. The third kappa shape index (κ3) is 1.80. The van der Waals surface area contributed by atoms with E-state index in [1.807, 2.05) is 0 Å². The molecule has 3 heterocycles. The highest BCUT2D eigenvalue weighted by Crippen LogP contribution is 2.32. The highest BCUT2D eigenvalue weighted by Gasteiger charge is 2.43. The molecule has 0 radical (unpaired) electrons. The van der Waals surface area contributed by atoms with E-state index in [9.17, 15) is 10.2 Å². The van der Waals surface area contributed by atoms with Gasteiger partial charge in [-0.25, -0.2) is 15.0 Å². The van der Waals surface area contributed by atoms with Gasteiger partial charge in [-0.15, -0.1) is 12.3 Å². The first-order valence-electron chi connectivity index (χ1n) is 6.01. The Hall–Kier alpha value is -2.21. The number of hydrogen-bond acceptors (Lipinski definition) is 7. The molecule has 3 rings (SSSR count). The second-order valence-corrected chi connectivity index (χ2v) is 4.54. The fourth-order valence-corrected chi connectivity index (χ4v) is 2.30. The molecule has 2 aromatic heterocycles. The first-order valence-corrected chi connectivity index (χ1v) is 6.01. The number of terminal acetylenes is 1. The molecule has 1 aliphatic rings. The maximum absolute atomic E-state index is 10.1. The molecule has 1 aliphatic heterocycles. The van der Waals surface area contributed by atoms with E-state index < -0.39 is 24.5 Å². The molecule has 0 unspecified atom stereocenters. The molecular formula is C12H13N5O3. The van der Waals surface area contributed by atoms with Crippen LogP contribution in [0.1, 0.15) is 12.6 Å². The van der Waals surface area contributed by atoms with Crippen LogP contribution >= 0.6 is 0 Å². The first-order chi connectivity index (χ1) is 9.63. The Kier molecular flexibility index (Phi) is 3.02. The van der Waals surface area contributed by atoms with E-state index in [0.29, 0.717) is 11.2 Å². The van der Waals surface area contributed by atoms with Crippen LogP contribution in [-0.4, -0.2) is 48.0 Å². The second-order valence-electron chi connectivity index (χ2n) is 4.54. The predicted octanol–water partition coefficient (Wildman–Crippen LogP) is -0.949. The van der Waals surface area contributed by atoms with Crippen molar-refractivity contribution in [3.05, 3.63) is 12.7 Å². The molecule has 0 aliphatic carbocycles. The van der Waals surface area contributed by atoms with Gasteiger partial charge in [0.2, 0.25) is 0 Å². The lowest BCUT2D eigenvalue weighted by atomic mass is 10.1. The number of imidazole rings is 1. The van der Waals surface area contributed by atoms with Crippen LogP contribution in [-0.2, 0) is 4.74 Å². The number of rotatable bonds is 2. The van der Waals surface area contributed by atoms with E-state index >= 15 is 0 Å². The van der Waals surface area contributed by atoms with Crippen LogP contribution in [0.4, 0.5) is 5.82 Å². The zero-order valence-electron chi connectivity index (χ0n) is 10.4. The van der Waals surface area contributed by atoms with Gasteiger partial charge in [0.25, 0.3) is 0 Å². The average molecular weight is 275 g/mol. The number of ether oxygens (including phenoxy) is 1. The fraction of sp³-hybridized carbons (Fsp3) is 0.417. The van der Waals surface area contributed by atoms with Gasteiger partial charge in [-0.2, -0.15) is 0 Å². The highest BCUT2D eigenvalue weighted by atomic mass is 16.6. The van der Waals surface area contributed by atoms with Crippen molar-refractivity contribution in [3.63, 3.8) is 0 Å². The fourth-order valence-electron chi connectivity index (χ4n) is 2.30. The van der Waals surface area contributed by atoms with Crippen LogP contribution in [0.3, 0.4) is 0 Å². The van der Waals surface area contributed by atoms with Gasteiger partial charge in [0.05, 0.1) is 12.4 Å². The molecule has 0 amide bonds. The topological polar surface area (TPSA) is 119 Å². The Bertz CT molecular complexity index is 679. The highest BCUT2D eigenvalue weighted by molar-refractivity contribution is 5.81. The predicted molar refractivity (Wildman–Crippen MR) is 69.1 cm³/mol. The van der Waals surface area contributed by atoms with E-state index in [2.05, 4.69) is 20.9 Å². The van der Waals surface area contributed by atoms with Crippen LogP contribution < -0.4 is 5.73 Å². The first kappa shape index (κ1) is 12.8. The molecule has 1 fully saturated rings. The SMILES string of the molecule is C#CC[C@H]1O[C@@H](n2cnc3c(N)ncnc32)[C@H](O)[C@@H]1O. The molecule has 0 spiro atoms. The maximum Gasteiger partial charge on any atom is 0.167 e. The Morgan fingerprint density at radius 1 is 1.35 bits per heavy atom. The van der Waals surface area contributed by atoms with E-state index in [1.54, 1.807) is 0 Å². The molecule has 0 bridgehead atoms. The van der Waals surface area contributed by atoms with Crippen LogP contribution in [0.15, 0.2) is 12.7 Å². The summed E-state index contributed by atoms with van der Waals surface area (Å²) in [6.07, 6.45) is 4.52. The average Bonchev–Trinajstić information content (AvgIpc) is 2.97.